The number of halogens is 1. The molecule has 0 bridgehead atoms. The van der Waals surface area contributed by atoms with Crippen molar-refractivity contribution in [1.29, 1.82) is 0 Å². The van der Waals surface area contributed by atoms with Crippen LogP contribution in [0.2, 0.25) is 0 Å². The third-order valence-corrected chi connectivity index (χ3v) is 3.68. The van der Waals surface area contributed by atoms with Gasteiger partial charge in [0, 0.05) is 26.8 Å². The van der Waals surface area contributed by atoms with Gasteiger partial charge in [0.1, 0.15) is 0 Å². The van der Waals surface area contributed by atoms with Crippen molar-refractivity contribution in [3.8, 4) is 0 Å². The monoisotopic (exact) mass is 317 g/mol. The van der Waals surface area contributed by atoms with Crippen molar-refractivity contribution in [2.24, 2.45) is 13.0 Å². The molecule has 0 saturated carbocycles. The van der Waals surface area contributed by atoms with Gasteiger partial charge in [0.15, 0.2) is 0 Å². The molecule has 0 aliphatic heterocycles. The van der Waals surface area contributed by atoms with E-state index in [1.165, 1.54) is 5.69 Å². The van der Waals surface area contributed by atoms with Gasteiger partial charge in [-0.2, -0.15) is 5.10 Å². The van der Waals surface area contributed by atoms with Crippen molar-refractivity contribution in [2.75, 3.05) is 19.8 Å². The van der Waals surface area contributed by atoms with Gasteiger partial charge in [0.05, 0.1) is 15.9 Å². The van der Waals surface area contributed by atoms with Crippen LogP contribution < -0.4 is 5.32 Å². The van der Waals surface area contributed by atoms with Gasteiger partial charge in [-0.05, 0) is 41.7 Å². The molecule has 1 N–H and O–H groups in total. The van der Waals surface area contributed by atoms with Crippen molar-refractivity contribution in [2.45, 2.75) is 33.7 Å². The Bertz CT molecular complexity index is 363. The highest BCUT2D eigenvalue weighted by molar-refractivity contribution is 9.10. The largest absolute Gasteiger partial charge is 0.381 e. The summed E-state index contributed by atoms with van der Waals surface area (Å²) in [4.78, 5) is 0. The Morgan fingerprint density at radius 3 is 2.72 bits per heavy atom. The third-order valence-electron chi connectivity index (χ3n) is 2.65. The molecule has 0 amide bonds. The smallest absolute Gasteiger partial charge is 0.0739 e. The van der Waals surface area contributed by atoms with Crippen LogP contribution in [0.15, 0.2) is 4.47 Å². The van der Waals surface area contributed by atoms with E-state index in [0.29, 0.717) is 5.92 Å². The van der Waals surface area contributed by atoms with Gasteiger partial charge in [-0.3, -0.25) is 4.68 Å². The predicted molar refractivity (Wildman–Crippen MR) is 77.6 cm³/mol. The second-order valence-electron chi connectivity index (χ2n) is 4.97. The molecule has 1 aromatic heterocycles. The predicted octanol–water partition coefficient (Wildman–Crippen LogP) is 2.64. The topological polar surface area (TPSA) is 39.1 Å². The molecular formula is C13H24BrN3O. The maximum Gasteiger partial charge on any atom is 0.0739 e. The number of ether oxygens (including phenoxy) is 1. The SMILES string of the molecule is Cc1nn(C)c(CNCCCOCC(C)C)c1Br. The third kappa shape index (κ3) is 5.08. The van der Waals surface area contributed by atoms with Gasteiger partial charge in [0.25, 0.3) is 0 Å². The molecule has 1 aromatic rings. The maximum atomic E-state index is 5.53. The first-order valence-corrected chi connectivity index (χ1v) is 7.28. The lowest BCUT2D eigenvalue weighted by Crippen LogP contribution is -2.19. The van der Waals surface area contributed by atoms with Gasteiger partial charge in [-0.1, -0.05) is 13.8 Å². The number of aryl methyl sites for hydroxylation is 2. The fourth-order valence-corrected chi connectivity index (χ4v) is 2.17. The Labute approximate surface area is 118 Å². The molecule has 0 radical (unpaired) electrons. The van der Waals surface area contributed by atoms with Crippen molar-refractivity contribution >= 4 is 15.9 Å². The molecule has 18 heavy (non-hydrogen) atoms. The standard InChI is InChI=1S/C13H24BrN3O/c1-10(2)9-18-7-5-6-15-8-12-13(14)11(3)16-17(12)4/h10,15H,5-9H2,1-4H3. The van der Waals surface area contributed by atoms with E-state index in [2.05, 4.69) is 40.2 Å². The van der Waals surface area contributed by atoms with Crippen LogP contribution in [-0.2, 0) is 18.3 Å². The highest BCUT2D eigenvalue weighted by Gasteiger charge is 2.09. The van der Waals surface area contributed by atoms with Crippen molar-refractivity contribution < 1.29 is 4.74 Å². The highest BCUT2D eigenvalue weighted by atomic mass is 79.9. The molecule has 1 rings (SSSR count). The summed E-state index contributed by atoms with van der Waals surface area (Å²) in [6, 6.07) is 0. The van der Waals surface area contributed by atoms with E-state index in [9.17, 15) is 0 Å². The van der Waals surface area contributed by atoms with Crippen LogP contribution in [0.1, 0.15) is 31.7 Å². The van der Waals surface area contributed by atoms with Crippen LogP contribution in [0.4, 0.5) is 0 Å². The summed E-state index contributed by atoms with van der Waals surface area (Å²) in [6.07, 6.45) is 1.04. The molecule has 5 heteroatoms. The molecule has 0 unspecified atom stereocenters. The van der Waals surface area contributed by atoms with Crippen LogP contribution in [0, 0.1) is 12.8 Å². The number of aromatic nitrogens is 2. The van der Waals surface area contributed by atoms with E-state index in [1.807, 2.05) is 18.7 Å². The first kappa shape index (κ1) is 15.7. The van der Waals surface area contributed by atoms with E-state index >= 15 is 0 Å². The van der Waals surface area contributed by atoms with Crippen LogP contribution in [0.3, 0.4) is 0 Å². The molecule has 0 atom stereocenters. The quantitative estimate of drug-likeness (QED) is 0.749. The number of nitrogens with zero attached hydrogens (tertiary/aromatic N) is 2. The Kier molecular flexibility index (Phi) is 6.89. The van der Waals surface area contributed by atoms with E-state index in [-0.39, 0.29) is 0 Å². The van der Waals surface area contributed by atoms with Gasteiger partial charge in [0.2, 0.25) is 0 Å². The fourth-order valence-electron chi connectivity index (χ4n) is 1.70. The zero-order valence-electron chi connectivity index (χ0n) is 11.8. The van der Waals surface area contributed by atoms with E-state index in [1.54, 1.807) is 0 Å². The first-order chi connectivity index (χ1) is 8.52. The van der Waals surface area contributed by atoms with Crippen molar-refractivity contribution in [3.63, 3.8) is 0 Å². The molecule has 0 aliphatic rings. The number of rotatable bonds is 8. The molecule has 4 nitrogen and oxygen atoms in total. The summed E-state index contributed by atoms with van der Waals surface area (Å²) >= 11 is 3.56. The molecule has 0 aliphatic carbocycles. The summed E-state index contributed by atoms with van der Waals surface area (Å²) in [5.41, 5.74) is 2.23. The maximum absolute atomic E-state index is 5.53. The lowest BCUT2D eigenvalue weighted by molar-refractivity contribution is 0.108. The molecule has 0 fully saturated rings. The molecule has 104 valence electrons. The average Bonchev–Trinajstić information content (AvgIpc) is 2.53. The molecular weight excluding hydrogens is 294 g/mol. The second-order valence-corrected chi connectivity index (χ2v) is 5.76. The van der Waals surface area contributed by atoms with Gasteiger partial charge >= 0.3 is 0 Å². The Balaban J connectivity index is 2.14. The zero-order valence-corrected chi connectivity index (χ0v) is 13.4. The normalized spacial score (nSPS) is 11.4. The zero-order chi connectivity index (χ0) is 13.5. The minimum Gasteiger partial charge on any atom is -0.381 e. The Morgan fingerprint density at radius 2 is 2.17 bits per heavy atom. The number of hydrogen-bond donors (Lipinski definition) is 1. The summed E-state index contributed by atoms with van der Waals surface area (Å²) < 4.78 is 8.56. The molecule has 0 saturated heterocycles. The first-order valence-electron chi connectivity index (χ1n) is 6.48. The van der Waals surface area contributed by atoms with Crippen LogP contribution in [0.25, 0.3) is 0 Å². The van der Waals surface area contributed by atoms with Gasteiger partial charge in [-0.25, -0.2) is 0 Å². The van der Waals surface area contributed by atoms with E-state index in [4.69, 9.17) is 4.74 Å². The average molecular weight is 318 g/mol. The summed E-state index contributed by atoms with van der Waals surface area (Å²) in [5, 5.41) is 7.78. The highest BCUT2D eigenvalue weighted by Crippen LogP contribution is 2.19. The van der Waals surface area contributed by atoms with Gasteiger partial charge in [-0.15, -0.1) is 0 Å². The van der Waals surface area contributed by atoms with Crippen molar-refractivity contribution in [3.05, 3.63) is 15.9 Å². The van der Waals surface area contributed by atoms with Crippen molar-refractivity contribution in [1.82, 2.24) is 15.1 Å². The number of nitrogens with one attached hydrogen (secondary N) is 1. The minimum atomic E-state index is 0.617. The van der Waals surface area contributed by atoms with E-state index in [0.717, 1.165) is 42.9 Å². The lowest BCUT2D eigenvalue weighted by atomic mass is 10.2. The summed E-state index contributed by atoms with van der Waals surface area (Å²) in [6.45, 7) is 9.83. The lowest BCUT2D eigenvalue weighted by Gasteiger charge is -2.08. The Hall–Kier alpha value is -0.390. The molecule has 0 aromatic carbocycles. The van der Waals surface area contributed by atoms with Crippen LogP contribution in [0.5, 0.6) is 0 Å². The second kappa shape index (κ2) is 7.92. The van der Waals surface area contributed by atoms with Crippen LogP contribution in [-0.4, -0.2) is 29.5 Å². The van der Waals surface area contributed by atoms with E-state index < -0.39 is 0 Å². The summed E-state index contributed by atoms with van der Waals surface area (Å²) in [7, 11) is 1.97. The molecule has 0 spiro atoms. The minimum absolute atomic E-state index is 0.617. The van der Waals surface area contributed by atoms with Gasteiger partial charge < -0.3 is 10.1 Å². The molecule has 1 heterocycles. The summed E-state index contributed by atoms with van der Waals surface area (Å²) in [5.74, 6) is 0.617. The van der Waals surface area contributed by atoms with Crippen LogP contribution >= 0.6 is 15.9 Å². The Morgan fingerprint density at radius 1 is 1.44 bits per heavy atom. The fraction of sp³-hybridized carbons (Fsp3) is 0.769. The number of hydrogen-bond acceptors (Lipinski definition) is 3.